The number of hydrogen-bond donors (Lipinski definition) is 1. The Morgan fingerprint density at radius 2 is 2.04 bits per heavy atom. The molecule has 0 aliphatic carbocycles. The molecule has 3 aromatic rings. The first-order valence-corrected chi connectivity index (χ1v) is 8.82. The molecule has 0 radical (unpaired) electrons. The van der Waals surface area contributed by atoms with Gasteiger partial charge in [0, 0.05) is 41.6 Å². The molecule has 1 aliphatic heterocycles. The predicted molar refractivity (Wildman–Crippen MR) is 98.6 cm³/mol. The van der Waals surface area contributed by atoms with Gasteiger partial charge in [0.2, 0.25) is 0 Å². The molecule has 124 valence electrons. The van der Waals surface area contributed by atoms with Crippen LogP contribution in [-0.2, 0) is 6.54 Å². The van der Waals surface area contributed by atoms with Crippen molar-refractivity contribution in [2.45, 2.75) is 25.4 Å². The summed E-state index contributed by atoms with van der Waals surface area (Å²) in [4.78, 5) is 2.56. The minimum atomic E-state index is 0.555. The van der Waals surface area contributed by atoms with E-state index < -0.39 is 0 Å². The van der Waals surface area contributed by atoms with Gasteiger partial charge in [0.15, 0.2) is 0 Å². The molecule has 1 aliphatic rings. The molecular weight excluding hydrogens is 320 g/mol. The summed E-state index contributed by atoms with van der Waals surface area (Å²) in [5.41, 5.74) is 3.63. The van der Waals surface area contributed by atoms with Crippen LogP contribution in [0.3, 0.4) is 0 Å². The molecule has 1 aromatic carbocycles. The molecule has 4 rings (SSSR count). The van der Waals surface area contributed by atoms with E-state index >= 15 is 0 Å². The molecule has 3 heterocycles. The zero-order valence-electron chi connectivity index (χ0n) is 13.5. The fourth-order valence-corrected chi connectivity index (χ4v) is 3.59. The third-order valence-electron chi connectivity index (χ3n) is 4.76. The summed E-state index contributed by atoms with van der Waals surface area (Å²) in [6.45, 7) is 3.07. The third kappa shape index (κ3) is 3.25. The normalized spacial score (nSPS) is 18.3. The molecule has 24 heavy (non-hydrogen) atoms. The summed E-state index contributed by atoms with van der Waals surface area (Å²) in [7, 11) is 0. The van der Waals surface area contributed by atoms with Crippen LogP contribution in [0.2, 0.25) is 5.02 Å². The maximum Gasteiger partial charge on any atom is 0.0706 e. The predicted octanol–water partition coefficient (Wildman–Crippen LogP) is 4.06. The zero-order chi connectivity index (χ0) is 16.4. The smallest absolute Gasteiger partial charge is 0.0706 e. The monoisotopic (exact) mass is 340 g/mol. The number of benzene rings is 1. The topological polar surface area (TPSA) is 32.6 Å². The number of aromatic nitrogens is 2. The summed E-state index contributed by atoms with van der Waals surface area (Å²) >= 11 is 5.95. The molecular formula is C19H21ClN4. The van der Waals surface area contributed by atoms with Crippen LogP contribution in [-0.4, -0.2) is 33.6 Å². The molecule has 1 atom stereocenters. The standard InChI is InChI=1S/C19H21ClN4/c20-16-6-8-17(9-7-16)21-13-18-4-3-10-23(18)14-15-12-22-24-11-2-1-5-19(15)24/h1-2,5-9,11-12,18,21H,3-4,10,13-14H2/t18-/m1/s1. The number of nitrogens with one attached hydrogen (secondary N) is 1. The largest absolute Gasteiger partial charge is 0.383 e. The first-order chi connectivity index (χ1) is 11.8. The lowest BCUT2D eigenvalue weighted by Gasteiger charge is -2.24. The van der Waals surface area contributed by atoms with Crippen molar-refractivity contribution in [2.75, 3.05) is 18.4 Å². The van der Waals surface area contributed by atoms with Crippen LogP contribution in [0.4, 0.5) is 5.69 Å². The van der Waals surface area contributed by atoms with Gasteiger partial charge >= 0.3 is 0 Å². The van der Waals surface area contributed by atoms with Gasteiger partial charge in [0.1, 0.15) is 0 Å². The lowest BCUT2D eigenvalue weighted by Crippen LogP contribution is -2.34. The Labute approximate surface area is 147 Å². The molecule has 1 saturated heterocycles. The van der Waals surface area contributed by atoms with E-state index in [9.17, 15) is 0 Å². The van der Waals surface area contributed by atoms with Crippen molar-refractivity contribution in [3.05, 3.63) is 65.4 Å². The van der Waals surface area contributed by atoms with E-state index in [1.165, 1.54) is 23.9 Å². The second-order valence-corrected chi connectivity index (χ2v) is 6.79. The van der Waals surface area contributed by atoms with Crippen LogP contribution in [0.25, 0.3) is 5.52 Å². The molecule has 2 aromatic heterocycles. The summed E-state index contributed by atoms with van der Waals surface area (Å²) in [6, 6.07) is 14.7. The van der Waals surface area contributed by atoms with Crippen molar-refractivity contribution in [2.24, 2.45) is 0 Å². The second-order valence-electron chi connectivity index (χ2n) is 6.35. The highest BCUT2D eigenvalue weighted by atomic mass is 35.5. The van der Waals surface area contributed by atoms with E-state index in [-0.39, 0.29) is 0 Å². The van der Waals surface area contributed by atoms with E-state index in [2.05, 4.69) is 27.4 Å². The number of hydrogen-bond acceptors (Lipinski definition) is 3. The van der Waals surface area contributed by atoms with Crippen LogP contribution >= 0.6 is 11.6 Å². The first-order valence-electron chi connectivity index (χ1n) is 8.44. The van der Waals surface area contributed by atoms with Gasteiger partial charge in [0.05, 0.1) is 11.7 Å². The van der Waals surface area contributed by atoms with E-state index in [0.29, 0.717) is 6.04 Å². The number of nitrogens with zero attached hydrogens (tertiary/aromatic N) is 3. The highest BCUT2D eigenvalue weighted by Crippen LogP contribution is 2.23. The number of pyridine rings is 1. The molecule has 0 bridgehead atoms. The molecule has 0 spiro atoms. The minimum absolute atomic E-state index is 0.555. The molecule has 0 saturated carbocycles. The molecule has 0 amide bonds. The molecule has 1 fully saturated rings. The van der Waals surface area contributed by atoms with E-state index in [0.717, 1.165) is 30.3 Å². The number of fused-ring (bicyclic) bond motifs is 1. The minimum Gasteiger partial charge on any atom is -0.383 e. The Balaban J connectivity index is 1.42. The van der Waals surface area contributed by atoms with Gasteiger partial charge in [-0.2, -0.15) is 5.10 Å². The molecule has 5 heteroatoms. The lowest BCUT2D eigenvalue weighted by atomic mass is 10.2. The molecule has 1 N–H and O–H groups in total. The van der Waals surface area contributed by atoms with Crippen LogP contribution in [0.1, 0.15) is 18.4 Å². The summed E-state index contributed by atoms with van der Waals surface area (Å²) < 4.78 is 1.95. The van der Waals surface area contributed by atoms with Crippen molar-refractivity contribution in [1.82, 2.24) is 14.5 Å². The lowest BCUT2D eigenvalue weighted by molar-refractivity contribution is 0.255. The van der Waals surface area contributed by atoms with Crippen molar-refractivity contribution in [3.8, 4) is 0 Å². The fraction of sp³-hybridized carbons (Fsp3) is 0.316. The Kier molecular flexibility index (Phi) is 4.41. The third-order valence-corrected chi connectivity index (χ3v) is 5.02. The van der Waals surface area contributed by atoms with Crippen LogP contribution in [0.5, 0.6) is 0 Å². The number of anilines is 1. The van der Waals surface area contributed by atoms with Gasteiger partial charge in [-0.25, -0.2) is 4.52 Å². The van der Waals surface area contributed by atoms with Gasteiger partial charge in [0.25, 0.3) is 0 Å². The van der Waals surface area contributed by atoms with Gasteiger partial charge in [-0.3, -0.25) is 4.90 Å². The number of halogens is 1. The van der Waals surface area contributed by atoms with Gasteiger partial charge in [-0.15, -0.1) is 0 Å². The maximum absolute atomic E-state index is 5.95. The zero-order valence-corrected chi connectivity index (χ0v) is 14.3. The number of likely N-dealkylation sites (tertiary alicyclic amines) is 1. The first kappa shape index (κ1) is 15.5. The fourth-order valence-electron chi connectivity index (χ4n) is 3.47. The quantitative estimate of drug-likeness (QED) is 0.760. The Hall–Kier alpha value is -2.04. The van der Waals surface area contributed by atoms with Gasteiger partial charge < -0.3 is 5.32 Å². The van der Waals surface area contributed by atoms with Crippen molar-refractivity contribution >= 4 is 22.8 Å². The maximum atomic E-state index is 5.95. The van der Waals surface area contributed by atoms with Gasteiger partial charge in [-0.05, 0) is 55.8 Å². The SMILES string of the molecule is Clc1ccc(NC[C@H]2CCCN2Cc2cnn3ccccc23)cc1. The van der Waals surface area contributed by atoms with Crippen molar-refractivity contribution in [1.29, 1.82) is 0 Å². The Morgan fingerprint density at radius 1 is 1.17 bits per heavy atom. The van der Waals surface area contributed by atoms with E-state index in [1.54, 1.807) is 0 Å². The van der Waals surface area contributed by atoms with E-state index in [4.69, 9.17) is 11.6 Å². The van der Waals surface area contributed by atoms with Crippen LogP contribution < -0.4 is 5.32 Å². The summed E-state index contributed by atoms with van der Waals surface area (Å²) in [5, 5.41) is 8.76. The second kappa shape index (κ2) is 6.83. The average Bonchev–Trinajstić information content (AvgIpc) is 3.22. The highest BCUT2D eigenvalue weighted by molar-refractivity contribution is 6.30. The highest BCUT2D eigenvalue weighted by Gasteiger charge is 2.25. The molecule has 4 nitrogen and oxygen atoms in total. The van der Waals surface area contributed by atoms with Gasteiger partial charge in [-0.1, -0.05) is 17.7 Å². The molecule has 0 unspecified atom stereocenters. The number of rotatable bonds is 5. The van der Waals surface area contributed by atoms with Crippen molar-refractivity contribution in [3.63, 3.8) is 0 Å². The average molecular weight is 341 g/mol. The Bertz CT molecular complexity index is 812. The van der Waals surface area contributed by atoms with Crippen LogP contribution in [0, 0.1) is 0 Å². The van der Waals surface area contributed by atoms with E-state index in [1.807, 2.05) is 47.2 Å². The Morgan fingerprint density at radius 3 is 2.92 bits per heavy atom. The van der Waals surface area contributed by atoms with Crippen LogP contribution in [0.15, 0.2) is 54.9 Å². The van der Waals surface area contributed by atoms with Crippen molar-refractivity contribution < 1.29 is 0 Å². The summed E-state index contributed by atoms with van der Waals surface area (Å²) in [5.74, 6) is 0. The summed E-state index contributed by atoms with van der Waals surface area (Å²) in [6.07, 6.45) is 6.49.